The molecule has 4 aromatic rings. The molecule has 0 bridgehead atoms. The number of nitrogens with zero attached hydrogens (tertiary/aromatic N) is 3. The molecule has 1 N–H and O–H groups in total. The molecule has 0 aliphatic rings. The molecule has 0 unspecified atom stereocenters. The Hall–Kier alpha value is -3.39. The molecule has 0 fully saturated rings. The topological polar surface area (TPSA) is 78.3 Å². The molecule has 0 aliphatic carbocycles. The van der Waals surface area contributed by atoms with E-state index in [-0.39, 0.29) is 12.5 Å². The fraction of sp³-hybridized carbons (Fsp3) is 0.136. The molecule has 0 radical (unpaired) electrons. The molecule has 0 spiro atoms. The quantitative estimate of drug-likeness (QED) is 0.419. The van der Waals surface area contributed by atoms with E-state index in [0.29, 0.717) is 30.3 Å². The second kappa shape index (κ2) is 9.41. The molecular formula is C22H19BrN4O3. The molecule has 0 saturated heterocycles. The summed E-state index contributed by atoms with van der Waals surface area (Å²) in [6.45, 7) is 0.930. The lowest BCUT2D eigenvalue weighted by Crippen LogP contribution is -2.20. The molecule has 8 heteroatoms. The van der Waals surface area contributed by atoms with Crippen LogP contribution in [-0.4, -0.2) is 33.9 Å². The highest BCUT2D eigenvalue weighted by Gasteiger charge is 2.09. The van der Waals surface area contributed by atoms with E-state index >= 15 is 0 Å². The van der Waals surface area contributed by atoms with Crippen molar-refractivity contribution >= 4 is 38.3 Å². The molecular weight excluding hydrogens is 448 g/mol. The Kier molecular flexibility index (Phi) is 6.24. The van der Waals surface area contributed by atoms with Gasteiger partial charge < -0.3 is 14.8 Å². The minimum atomic E-state index is -0.255. The van der Waals surface area contributed by atoms with E-state index in [1.165, 1.54) is 6.33 Å². The van der Waals surface area contributed by atoms with Gasteiger partial charge in [0.05, 0.1) is 11.0 Å². The van der Waals surface area contributed by atoms with Gasteiger partial charge in [0.2, 0.25) is 0 Å². The number of hydrogen-bond acceptors (Lipinski definition) is 5. The van der Waals surface area contributed by atoms with Crippen molar-refractivity contribution in [1.82, 2.24) is 14.8 Å². The van der Waals surface area contributed by atoms with Crippen LogP contribution in [0, 0.1) is 0 Å². The van der Waals surface area contributed by atoms with E-state index < -0.39 is 0 Å². The molecule has 1 aromatic heterocycles. The van der Waals surface area contributed by atoms with Crippen LogP contribution in [-0.2, 0) is 11.3 Å². The number of hydrogen-bond donors (Lipinski definition) is 1. The number of carbonyl (C=O) groups is 1. The summed E-state index contributed by atoms with van der Waals surface area (Å²) in [4.78, 5) is 16.2. The number of anilines is 1. The minimum absolute atomic E-state index is 0.103. The van der Waals surface area contributed by atoms with Gasteiger partial charge in [-0.2, -0.15) is 5.10 Å². The fourth-order valence-corrected chi connectivity index (χ4v) is 3.54. The van der Waals surface area contributed by atoms with Gasteiger partial charge in [0.25, 0.3) is 5.91 Å². The smallest absolute Gasteiger partial charge is 0.262 e. The van der Waals surface area contributed by atoms with Crippen molar-refractivity contribution in [2.24, 2.45) is 0 Å². The lowest BCUT2D eigenvalue weighted by Gasteiger charge is -2.12. The summed E-state index contributed by atoms with van der Waals surface area (Å²) in [7, 11) is 0. The van der Waals surface area contributed by atoms with Gasteiger partial charge >= 0.3 is 0 Å². The zero-order valence-electron chi connectivity index (χ0n) is 16.0. The van der Waals surface area contributed by atoms with Crippen LogP contribution in [0.1, 0.15) is 0 Å². The van der Waals surface area contributed by atoms with Gasteiger partial charge in [-0.3, -0.25) is 4.79 Å². The van der Waals surface area contributed by atoms with E-state index in [0.717, 1.165) is 15.2 Å². The SMILES string of the molecule is O=C(COc1ccc2ccccc2c1Br)Nc1cccc(OCCn2cncn2)c1. The van der Waals surface area contributed by atoms with Crippen molar-refractivity contribution < 1.29 is 14.3 Å². The Balaban J connectivity index is 1.31. The van der Waals surface area contributed by atoms with Gasteiger partial charge in [0.15, 0.2) is 6.61 Å². The molecule has 3 aromatic carbocycles. The first-order valence-corrected chi connectivity index (χ1v) is 10.1. The summed E-state index contributed by atoms with van der Waals surface area (Å²) in [5, 5.41) is 8.98. The summed E-state index contributed by atoms with van der Waals surface area (Å²) >= 11 is 3.56. The number of halogens is 1. The Morgan fingerprint density at radius 1 is 1.07 bits per heavy atom. The predicted molar refractivity (Wildman–Crippen MR) is 118 cm³/mol. The van der Waals surface area contributed by atoms with Crippen molar-refractivity contribution in [3.63, 3.8) is 0 Å². The number of aromatic nitrogens is 3. The summed E-state index contributed by atoms with van der Waals surface area (Å²) in [5.74, 6) is 1.02. The summed E-state index contributed by atoms with van der Waals surface area (Å²) < 4.78 is 13.9. The maximum absolute atomic E-state index is 12.3. The molecule has 0 saturated carbocycles. The minimum Gasteiger partial charge on any atom is -0.492 e. The van der Waals surface area contributed by atoms with Crippen molar-refractivity contribution in [3.8, 4) is 11.5 Å². The number of nitrogens with one attached hydrogen (secondary N) is 1. The third kappa shape index (κ3) is 4.96. The van der Waals surface area contributed by atoms with E-state index in [1.807, 2.05) is 48.5 Å². The molecule has 152 valence electrons. The normalized spacial score (nSPS) is 10.7. The number of benzene rings is 3. The largest absolute Gasteiger partial charge is 0.492 e. The first-order valence-electron chi connectivity index (χ1n) is 9.34. The average molecular weight is 467 g/mol. The van der Waals surface area contributed by atoms with Crippen LogP contribution in [0.25, 0.3) is 10.8 Å². The van der Waals surface area contributed by atoms with Crippen LogP contribution in [0.3, 0.4) is 0 Å². The van der Waals surface area contributed by atoms with Crippen molar-refractivity contribution in [3.05, 3.63) is 77.8 Å². The number of fused-ring (bicyclic) bond motifs is 1. The van der Waals surface area contributed by atoms with Gasteiger partial charge in [-0.1, -0.05) is 36.4 Å². The van der Waals surface area contributed by atoms with E-state index in [1.54, 1.807) is 23.1 Å². The van der Waals surface area contributed by atoms with Crippen molar-refractivity contribution in [2.75, 3.05) is 18.5 Å². The van der Waals surface area contributed by atoms with Gasteiger partial charge in [-0.25, -0.2) is 9.67 Å². The lowest BCUT2D eigenvalue weighted by atomic mass is 10.1. The highest BCUT2D eigenvalue weighted by molar-refractivity contribution is 9.10. The van der Waals surface area contributed by atoms with Crippen LogP contribution < -0.4 is 14.8 Å². The van der Waals surface area contributed by atoms with E-state index in [2.05, 4.69) is 31.3 Å². The highest BCUT2D eigenvalue weighted by atomic mass is 79.9. The van der Waals surface area contributed by atoms with Crippen molar-refractivity contribution in [1.29, 1.82) is 0 Å². The monoisotopic (exact) mass is 466 g/mol. The third-order valence-electron chi connectivity index (χ3n) is 4.36. The van der Waals surface area contributed by atoms with Crippen LogP contribution in [0.2, 0.25) is 0 Å². The molecule has 0 atom stereocenters. The number of amides is 1. The molecule has 1 amide bonds. The van der Waals surface area contributed by atoms with Gasteiger partial charge in [-0.05, 0) is 44.9 Å². The molecule has 30 heavy (non-hydrogen) atoms. The van der Waals surface area contributed by atoms with Crippen LogP contribution in [0.15, 0.2) is 77.8 Å². The number of carbonyl (C=O) groups excluding carboxylic acids is 1. The number of ether oxygens (including phenoxy) is 2. The Morgan fingerprint density at radius 3 is 2.83 bits per heavy atom. The standard InChI is InChI=1S/C22H19BrN4O3/c23-22-19-7-2-1-4-16(19)8-9-20(22)30-13-21(28)26-17-5-3-6-18(12-17)29-11-10-27-15-24-14-25-27/h1-9,12,14-15H,10-11,13H2,(H,26,28). The van der Waals surface area contributed by atoms with Crippen LogP contribution >= 0.6 is 15.9 Å². The van der Waals surface area contributed by atoms with Gasteiger partial charge in [0, 0.05) is 11.8 Å². The molecule has 0 aliphatic heterocycles. The summed E-state index contributed by atoms with van der Waals surface area (Å²) in [6, 6.07) is 19.0. The highest BCUT2D eigenvalue weighted by Crippen LogP contribution is 2.33. The second-order valence-electron chi connectivity index (χ2n) is 6.47. The zero-order chi connectivity index (χ0) is 20.8. The molecule has 7 nitrogen and oxygen atoms in total. The van der Waals surface area contributed by atoms with Gasteiger partial charge in [-0.15, -0.1) is 0 Å². The maximum atomic E-state index is 12.3. The fourth-order valence-electron chi connectivity index (χ4n) is 2.93. The summed E-state index contributed by atoms with van der Waals surface area (Å²) in [5.41, 5.74) is 0.638. The van der Waals surface area contributed by atoms with Crippen LogP contribution in [0.4, 0.5) is 5.69 Å². The Bertz CT molecular complexity index is 1150. The van der Waals surface area contributed by atoms with E-state index in [4.69, 9.17) is 9.47 Å². The number of rotatable bonds is 8. The lowest BCUT2D eigenvalue weighted by molar-refractivity contribution is -0.118. The van der Waals surface area contributed by atoms with Crippen LogP contribution in [0.5, 0.6) is 11.5 Å². The molecule has 1 heterocycles. The van der Waals surface area contributed by atoms with E-state index in [9.17, 15) is 4.79 Å². The first kappa shape index (κ1) is 19.9. The second-order valence-corrected chi connectivity index (χ2v) is 7.26. The van der Waals surface area contributed by atoms with Gasteiger partial charge in [0.1, 0.15) is 30.8 Å². The zero-order valence-corrected chi connectivity index (χ0v) is 17.6. The predicted octanol–water partition coefficient (Wildman–Crippen LogP) is 4.29. The first-order chi connectivity index (χ1) is 14.7. The average Bonchev–Trinajstić information content (AvgIpc) is 3.27. The summed E-state index contributed by atoms with van der Waals surface area (Å²) in [6.07, 6.45) is 3.11. The van der Waals surface area contributed by atoms with Crippen molar-refractivity contribution in [2.45, 2.75) is 6.54 Å². The third-order valence-corrected chi connectivity index (χ3v) is 5.18. The Morgan fingerprint density at radius 2 is 1.97 bits per heavy atom. The maximum Gasteiger partial charge on any atom is 0.262 e. The Labute approximate surface area is 181 Å². The molecule has 4 rings (SSSR count).